The lowest BCUT2D eigenvalue weighted by molar-refractivity contribution is -0.160. The predicted octanol–water partition coefficient (Wildman–Crippen LogP) is 7.94. The van der Waals surface area contributed by atoms with E-state index >= 15 is 8.42 Å². The van der Waals surface area contributed by atoms with Crippen LogP contribution in [0.15, 0.2) is 72.8 Å². The Morgan fingerprint density at radius 1 is 0.478 bits per heavy atom. The zero-order chi connectivity index (χ0) is 51.4. The molecular formula is C50H60N2O16S. The number of nitrogens with one attached hydrogen (secondary N) is 2. The molecule has 0 aliphatic heterocycles. The van der Waals surface area contributed by atoms with Gasteiger partial charge in [-0.1, -0.05) is 24.3 Å². The number of hydrogen-bond acceptors (Lipinski definition) is 16. The van der Waals surface area contributed by atoms with Crippen molar-refractivity contribution in [2.24, 2.45) is 0 Å². The Hall–Kier alpha value is -7.41. The summed E-state index contributed by atoms with van der Waals surface area (Å²) in [7, 11) is 6.77. The molecule has 0 heterocycles. The number of carbonyl (C=O) groups is 4. The molecule has 4 rings (SSSR count). The van der Waals surface area contributed by atoms with Gasteiger partial charge in [-0.2, -0.15) is 0 Å². The van der Waals surface area contributed by atoms with Crippen LogP contribution in [0.5, 0.6) is 46.0 Å². The predicted molar refractivity (Wildman–Crippen MR) is 260 cm³/mol. The number of benzene rings is 4. The van der Waals surface area contributed by atoms with Crippen molar-refractivity contribution in [1.29, 1.82) is 0 Å². The Bertz CT molecular complexity index is 2480. The molecule has 0 bridgehead atoms. The van der Waals surface area contributed by atoms with Gasteiger partial charge in [-0.05, 0) is 75.2 Å². The first-order chi connectivity index (χ1) is 32.5. The first-order valence-corrected chi connectivity index (χ1v) is 22.7. The number of sulfone groups is 1. The van der Waals surface area contributed by atoms with E-state index in [1.54, 1.807) is 24.3 Å². The minimum absolute atomic E-state index is 0.0538. The van der Waals surface area contributed by atoms with E-state index < -0.39 is 55.3 Å². The maximum Gasteiger partial charge on any atom is 0.303 e. The van der Waals surface area contributed by atoms with E-state index in [2.05, 4.69) is 10.6 Å². The molecule has 4 aromatic carbocycles. The highest BCUT2D eigenvalue weighted by Gasteiger charge is 2.37. The third-order valence-electron chi connectivity index (χ3n) is 10.6. The van der Waals surface area contributed by atoms with Crippen molar-refractivity contribution in [3.05, 3.63) is 95.1 Å². The maximum atomic E-state index is 16.0. The second-order valence-electron chi connectivity index (χ2n) is 16.1. The number of methoxy groups -OCH3 is 8. The fraction of sp³-hybridized carbons (Fsp3) is 0.360. The second-order valence-corrected chi connectivity index (χ2v) is 18.3. The van der Waals surface area contributed by atoms with Crippen LogP contribution >= 0.6 is 0 Å². The molecule has 69 heavy (non-hydrogen) atoms. The van der Waals surface area contributed by atoms with Crippen molar-refractivity contribution in [2.45, 2.75) is 63.2 Å². The van der Waals surface area contributed by atoms with Crippen molar-refractivity contribution in [2.75, 3.05) is 67.5 Å². The van der Waals surface area contributed by atoms with Crippen LogP contribution in [0.4, 0.5) is 11.4 Å². The van der Waals surface area contributed by atoms with Gasteiger partial charge in [0.25, 0.3) is 11.8 Å². The molecule has 18 nitrogen and oxygen atoms in total. The Kier molecular flexibility index (Phi) is 18.1. The first-order valence-electron chi connectivity index (χ1n) is 21.1. The number of rotatable bonds is 22. The summed E-state index contributed by atoms with van der Waals surface area (Å²) in [4.78, 5) is 51.1. The van der Waals surface area contributed by atoms with E-state index in [9.17, 15) is 19.2 Å². The molecule has 2 unspecified atom stereocenters. The van der Waals surface area contributed by atoms with Crippen molar-refractivity contribution < 1.29 is 75.0 Å². The lowest BCUT2D eigenvalue weighted by Crippen LogP contribution is -2.41. The van der Waals surface area contributed by atoms with Crippen LogP contribution in [0.1, 0.15) is 74.3 Å². The van der Waals surface area contributed by atoms with E-state index in [4.69, 9.17) is 47.4 Å². The topological polar surface area (TPSA) is 219 Å². The first kappa shape index (κ1) is 54.2. The molecule has 0 aromatic heterocycles. The highest BCUT2D eigenvalue weighted by molar-refractivity contribution is 7.92. The molecule has 2 amide bonds. The second kappa shape index (κ2) is 23.1. The van der Waals surface area contributed by atoms with Gasteiger partial charge in [0, 0.05) is 38.1 Å². The van der Waals surface area contributed by atoms with E-state index in [1.165, 1.54) is 159 Å². The largest absolute Gasteiger partial charge is 0.496 e. The van der Waals surface area contributed by atoms with Crippen molar-refractivity contribution in [3.63, 3.8) is 0 Å². The number of anilines is 2. The smallest absolute Gasteiger partial charge is 0.303 e. The van der Waals surface area contributed by atoms with E-state index in [1.807, 2.05) is 0 Å². The zero-order valence-corrected chi connectivity index (χ0v) is 42.0. The normalized spacial score (nSPS) is 12.6. The molecule has 0 fully saturated rings. The van der Waals surface area contributed by atoms with Crippen LogP contribution in [0.2, 0.25) is 0 Å². The summed E-state index contributed by atoms with van der Waals surface area (Å²) in [5.74, 6) is -0.577. The van der Waals surface area contributed by atoms with Gasteiger partial charge in [-0.15, -0.1) is 0 Å². The average Bonchev–Trinajstić information content (AvgIpc) is 3.30. The zero-order valence-electron chi connectivity index (χ0n) is 41.2. The monoisotopic (exact) mass is 976 g/mol. The molecule has 2 atom stereocenters. The summed E-state index contributed by atoms with van der Waals surface area (Å²) in [6, 6.07) is 15.3. The number of amides is 2. The van der Waals surface area contributed by atoms with Crippen molar-refractivity contribution >= 4 is 57.1 Å². The molecule has 0 saturated carbocycles. The van der Waals surface area contributed by atoms with Gasteiger partial charge >= 0.3 is 11.9 Å². The van der Waals surface area contributed by atoms with Crippen LogP contribution < -0.4 is 48.5 Å². The van der Waals surface area contributed by atoms with Crippen LogP contribution in [-0.4, -0.2) is 100 Å². The van der Waals surface area contributed by atoms with Gasteiger partial charge in [0.05, 0.1) is 79.4 Å². The third-order valence-corrected chi connectivity index (χ3v) is 12.9. The Labute approximate surface area is 402 Å². The molecule has 0 saturated heterocycles. The summed E-state index contributed by atoms with van der Waals surface area (Å²) in [5.41, 5.74) is -2.19. The number of carbonyl (C=O) groups excluding carboxylic acids is 4. The van der Waals surface area contributed by atoms with Crippen LogP contribution in [-0.2, 0) is 38.5 Å². The molecular weight excluding hydrogens is 917 g/mol. The SMILES string of the molecule is COc1cc(OC)c(C=CC(c2ccc(OC)c(NC(=O)C(C)(C)OC(C)=O)c2)S(=O)(=O)C(C=Cc2c(OC)cc(OC)cc2OC)c2ccc(OC)c(NC(=O)C(C)(C)OC(C)=O)c2)c(OC)c1. The van der Waals surface area contributed by atoms with Gasteiger partial charge in [0.1, 0.15) is 56.5 Å². The van der Waals surface area contributed by atoms with Crippen LogP contribution in [0.25, 0.3) is 12.2 Å². The molecule has 19 heteroatoms. The van der Waals surface area contributed by atoms with E-state index in [-0.39, 0.29) is 57.0 Å². The summed E-state index contributed by atoms with van der Waals surface area (Å²) < 4.78 is 87.5. The Morgan fingerprint density at radius 3 is 1.04 bits per heavy atom. The molecule has 0 radical (unpaired) electrons. The van der Waals surface area contributed by atoms with Gasteiger partial charge in [0.2, 0.25) is 0 Å². The van der Waals surface area contributed by atoms with Crippen molar-refractivity contribution in [1.82, 2.24) is 0 Å². The fourth-order valence-electron chi connectivity index (χ4n) is 7.10. The van der Waals surface area contributed by atoms with Crippen LogP contribution in [0.3, 0.4) is 0 Å². The minimum Gasteiger partial charge on any atom is -0.496 e. The summed E-state index contributed by atoms with van der Waals surface area (Å²) in [5, 5.41) is 2.31. The summed E-state index contributed by atoms with van der Waals surface area (Å²) >= 11 is 0. The standard InChI is InChI=1S/C50H60N2O16S/c1-29(53)67-49(3,4)47(55)51-37-23-31(15-19-39(37)61-9)45(21-17-35-41(63-11)25-33(59-7)26-42(35)64-12)69(57,58)46(22-18-36-43(65-13)27-34(60-8)28-44(36)66-14)32-16-20-40(62-10)38(24-32)52-48(56)50(5,6)68-30(2)54/h15-28,45-46H,1-14H3,(H,51,55)(H,52,56). The quantitative estimate of drug-likeness (QED) is 0.0714. The van der Waals surface area contributed by atoms with Gasteiger partial charge < -0.3 is 58.0 Å². The lowest BCUT2D eigenvalue weighted by atomic mass is 10.1. The molecule has 4 aromatic rings. The van der Waals surface area contributed by atoms with Gasteiger partial charge in [0.15, 0.2) is 21.0 Å². The van der Waals surface area contributed by atoms with Crippen molar-refractivity contribution in [3.8, 4) is 46.0 Å². The fourth-order valence-corrected chi connectivity index (χ4v) is 9.06. The highest BCUT2D eigenvalue weighted by atomic mass is 32.2. The molecule has 0 spiro atoms. The van der Waals surface area contributed by atoms with E-state index in [0.29, 0.717) is 22.6 Å². The minimum atomic E-state index is -4.66. The maximum absolute atomic E-state index is 16.0. The number of ether oxygens (including phenoxy) is 10. The van der Waals surface area contributed by atoms with Gasteiger partial charge in [-0.25, -0.2) is 8.42 Å². The van der Waals surface area contributed by atoms with E-state index in [0.717, 1.165) is 0 Å². The van der Waals surface area contributed by atoms with Crippen LogP contribution in [0, 0.1) is 0 Å². The van der Waals surface area contributed by atoms with Gasteiger partial charge in [-0.3, -0.25) is 19.2 Å². The molecule has 0 aliphatic rings. The Balaban J connectivity index is 2.13. The average molecular weight is 977 g/mol. The summed E-state index contributed by atoms with van der Waals surface area (Å²) in [6.07, 6.45) is 5.92. The number of esters is 2. The lowest BCUT2D eigenvalue weighted by Gasteiger charge is -2.26. The molecule has 372 valence electrons. The molecule has 2 N–H and O–H groups in total. The Morgan fingerprint density at radius 2 is 0.783 bits per heavy atom. The third kappa shape index (κ3) is 13.0. The highest BCUT2D eigenvalue weighted by Crippen LogP contribution is 2.44. The number of hydrogen-bond donors (Lipinski definition) is 2. The summed E-state index contributed by atoms with van der Waals surface area (Å²) in [6.45, 7) is 7.94. The molecule has 0 aliphatic carbocycles.